The number of hydrazone groups is 1. The number of amides is 1. The van der Waals surface area contributed by atoms with Crippen molar-refractivity contribution in [2.75, 3.05) is 0 Å². The van der Waals surface area contributed by atoms with Crippen LogP contribution in [0.3, 0.4) is 0 Å². The van der Waals surface area contributed by atoms with Gasteiger partial charge in [0.1, 0.15) is 0 Å². The van der Waals surface area contributed by atoms with Gasteiger partial charge in [-0.25, -0.2) is 4.98 Å². The number of rotatable bonds is 3. The second-order valence-corrected chi connectivity index (χ2v) is 8.14. The summed E-state index contributed by atoms with van der Waals surface area (Å²) in [5.74, 6) is 0.209. The minimum absolute atomic E-state index is 0.197. The highest BCUT2D eigenvalue weighted by molar-refractivity contribution is 9.10. The molecule has 5 nitrogen and oxygen atoms in total. The zero-order valence-corrected chi connectivity index (χ0v) is 18.3. The molecule has 0 N–H and O–H groups in total. The van der Waals surface area contributed by atoms with Crippen LogP contribution in [0, 0.1) is 0 Å². The molecule has 0 fully saturated rings. The maximum atomic E-state index is 12.5. The summed E-state index contributed by atoms with van der Waals surface area (Å²) in [5.41, 5.74) is 4.28. The Labute approximate surface area is 188 Å². The van der Waals surface area contributed by atoms with Gasteiger partial charge in [0.2, 0.25) is 18.0 Å². The van der Waals surface area contributed by atoms with Crippen LogP contribution in [0.15, 0.2) is 94.5 Å². The van der Waals surface area contributed by atoms with Crippen LogP contribution in [-0.2, 0) is 9.53 Å². The summed E-state index contributed by atoms with van der Waals surface area (Å²) in [6, 6.07) is 27.5. The van der Waals surface area contributed by atoms with Crippen molar-refractivity contribution in [3.63, 3.8) is 0 Å². The number of pyridine rings is 1. The molecule has 3 aromatic carbocycles. The molecule has 0 saturated heterocycles. The Morgan fingerprint density at radius 2 is 1.68 bits per heavy atom. The minimum Gasteiger partial charge on any atom is -0.446 e. The zero-order chi connectivity index (χ0) is 21.4. The number of aromatic nitrogens is 1. The summed E-state index contributed by atoms with van der Waals surface area (Å²) in [6.07, 6.45) is -0.679. The van der Waals surface area contributed by atoms with Crippen LogP contribution in [-0.4, -0.2) is 21.8 Å². The van der Waals surface area contributed by atoms with Crippen LogP contribution in [0.4, 0.5) is 0 Å². The first kappa shape index (κ1) is 19.5. The van der Waals surface area contributed by atoms with Crippen molar-refractivity contribution in [2.24, 2.45) is 5.10 Å². The monoisotopic (exact) mass is 471 g/mol. The normalized spacial score (nSPS) is 15.6. The highest BCUT2D eigenvalue weighted by Crippen LogP contribution is 2.36. The summed E-state index contributed by atoms with van der Waals surface area (Å²) in [6.45, 7) is 1.49. The smallest absolute Gasteiger partial charge is 0.243 e. The highest BCUT2D eigenvalue weighted by Gasteiger charge is 2.34. The first-order chi connectivity index (χ1) is 15.1. The molecule has 4 aromatic rings. The van der Waals surface area contributed by atoms with E-state index in [2.05, 4.69) is 21.0 Å². The number of carbonyl (C=O) groups excluding carboxylic acids is 1. The van der Waals surface area contributed by atoms with Crippen molar-refractivity contribution in [1.82, 2.24) is 9.99 Å². The van der Waals surface area contributed by atoms with Crippen LogP contribution in [0.25, 0.3) is 22.2 Å². The number of nitrogens with zero attached hydrogens (tertiary/aromatic N) is 3. The van der Waals surface area contributed by atoms with E-state index in [1.807, 2.05) is 84.9 Å². The van der Waals surface area contributed by atoms with Crippen LogP contribution in [0.1, 0.15) is 24.3 Å². The minimum atomic E-state index is -0.679. The lowest BCUT2D eigenvalue weighted by atomic mass is 10.0. The Balaban J connectivity index is 1.65. The van der Waals surface area contributed by atoms with Crippen molar-refractivity contribution >= 4 is 38.6 Å². The van der Waals surface area contributed by atoms with Gasteiger partial charge in [-0.05, 0) is 30.3 Å². The zero-order valence-electron chi connectivity index (χ0n) is 16.7. The molecule has 0 unspecified atom stereocenters. The van der Waals surface area contributed by atoms with E-state index in [0.29, 0.717) is 5.90 Å². The predicted molar refractivity (Wildman–Crippen MR) is 124 cm³/mol. The number of hydrogen-bond donors (Lipinski definition) is 0. The fraction of sp³-hybridized carbons (Fsp3) is 0.0800. The number of fused-ring (bicyclic) bond motifs is 1. The molecule has 0 bridgehead atoms. The van der Waals surface area contributed by atoms with E-state index in [-0.39, 0.29) is 5.91 Å². The van der Waals surface area contributed by atoms with Gasteiger partial charge < -0.3 is 4.74 Å². The Morgan fingerprint density at radius 3 is 2.45 bits per heavy atom. The molecule has 0 radical (unpaired) electrons. The van der Waals surface area contributed by atoms with Gasteiger partial charge in [0.05, 0.1) is 11.2 Å². The van der Waals surface area contributed by atoms with Crippen LogP contribution in [0.2, 0.25) is 0 Å². The molecule has 5 rings (SSSR count). The number of para-hydroxylation sites is 1. The summed E-state index contributed by atoms with van der Waals surface area (Å²) in [4.78, 5) is 17.3. The lowest BCUT2D eigenvalue weighted by Crippen LogP contribution is -2.25. The quantitative estimate of drug-likeness (QED) is 0.373. The molecule has 1 aromatic heterocycles. The largest absolute Gasteiger partial charge is 0.446 e. The molecule has 1 aliphatic rings. The van der Waals surface area contributed by atoms with E-state index in [1.165, 1.54) is 11.9 Å². The SMILES string of the molecule is CC(=O)N1N=C(c2cccc(Br)c2)O[C@H]1c1cc(-c2ccccc2)nc2ccccc12. The van der Waals surface area contributed by atoms with E-state index in [1.54, 1.807) is 0 Å². The van der Waals surface area contributed by atoms with E-state index in [4.69, 9.17) is 9.72 Å². The summed E-state index contributed by atoms with van der Waals surface area (Å²) in [5, 5.41) is 6.82. The first-order valence-corrected chi connectivity index (χ1v) is 10.7. The van der Waals surface area contributed by atoms with Crippen molar-refractivity contribution in [2.45, 2.75) is 13.2 Å². The van der Waals surface area contributed by atoms with E-state index in [0.717, 1.165) is 37.8 Å². The van der Waals surface area contributed by atoms with Crippen molar-refractivity contribution in [3.8, 4) is 11.3 Å². The fourth-order valence-electron chi connectivity index (χ4n) is 3.67. The van der Waals surface area contributed by atoms with Gasteiger partial charge in [-0.1, -0.05) is 70.5 Å². The molecule has 0 spiro atoms. The topological polar surface area (TPSA) is 54.8 Å². The van der Waals surface area contributed by atoms with Crippen LogP contribution < -0.4 is 0 Å². The molecule has 1 atom stereocenters. The summed E-state index contributed by atoms with van der Waals surface area (Å²) in [7, 11) is 0. The third-order valence-corrected chi connectivity index (χ3v) is 5.62. The average molecular weight is 472 g/mol. The maximum Gasteiger partial charge on any atom is 0.243 e. The fourth-order valence-corrected chi connectivity index (χ4v) is 4.07. The maximum absolute atomic E-state index is 12.5. The lowest BCUT2D eigenvalue weighted by molar-refractivity contribution is -0.135. The second kappa shape index (κ2) is 7.96. The third kappa shape index (κ3) is 3.70. The standard InChI is InChI=1S/C25H18BrN3O2/c1-16(30)29-25(31-24(28-29)18-10-7-11-19(26)14-18)21-15-23(17-8-3-2-4-9-17)27-22-13-6-5-12-20(21)22/h2-15,25H,1H3/t25-/m0/s1. The summed E-state index contributed by atoms with van der Waals surface area (Å²) >= 11 is 3.48. The van der Waals surface area contributed by atoms with E-state index in [9.17, 15) is 4.79 Å². The number of benzene rings is 3. The molecular formula is C25H18BrN3O2. The molecule has 152 valence electrons. The average Bonchev–Trinajstić information content (AvgIpc) is 3.25. The molecule has 0 aliphatic carbocycles. The lowest BCUT2D eigenvalue weighted by Gasteiger charge is -2.21. The molecule has 2 heterocycles. The number of halogens is 1. The molecule has 1 amide bonds. The third-order valence-electron chi connectivity index (χ3n) is 5.12. The second-order valence-electron chi connectivity index (χ2n) is 7.23. The molecule has 6 heteroatoms. The van der Waals surface area contributed by atoms with Crippen LogP contribution in [0.5, 0.6) is 0 Å². The first-order valence-electron chi connectivity index (χ1n) is 9.86. The van der Waals surface area contributed by atoms with Gasteiger partial charge in [-0.15, -0.1) is 5.10 Å². The van der Waals surface area contributed by atoms with E-state index >= 15 is 0 Å². The van der Waals surface area contributed by atoms with Gasteiger partial charge in [0.15, 0.2) is 0 Å². The van der Waals surface area contributed by atoms with Crippen molar-refractivity contribution in [1.29, 1.82) is 0 Å². The van der Waals surface area contributed by atoms with Crippen LogP contribution >= 0.6 is 15.9 Å². The Morgan fingerprint density at radius 1 is 0.935 bits per heavy atom. The Bertz CT molecular complexity index is 1320. The van der Waals surface area contributed by atoms with E-state index < -0.39 is 6.23 Å². The molecule has 0 saturated carbocycles. The number of ether oxygens (including phenoxy) is 1. The molecular weight excluding hydrogens is 454 g/mol. The van der Waals surface area contributed by atoms with Gasteiger partial charge in [0, 0.05) is 33.5 Å². The highest BCUT2D eigenvalue weighted by atomic mass is 79.9. The van der Waals surface area contributed by atoms with Gasteiger partial charge in [-0.3, -0.25) is 4.79 Å². The predicted octanol–water partition coefficient (Wildman–Crippen LogP) is 5.90. The molecule has 31 heavy (non-hydrogen) atoms. The van der Waals surface area contributed by atoms with Gasteiger partial charge >= 0.3 is 0 Å². The van der Waals surface area contributed by atoms with Crippen molar-refractivity contribution in [3.05, 3.63) is 101 Å². The number of carbonyl (C=O) groups is 1. The summed E-state index contributed by atoms with van der Waals surface area (Å²) < 4.78 is 7.18. The Hall–Kier alpha value is -3.51. The number of hydrogen-bond acceptors (Lipinski definition) is 4. The van der Waals surface area contributed by atoms with Gasteiger partial charge in [0.25, 0.3) is 0 Å². The van der Waals surface area contributed by atoms with Gasteiger partial charge in [-0.2, -0.15) is 5.01 Å². The van der Waals surface area contributed by atoms with Crippen molar-refractivity contribution < 1.29 is 9.53 Å². The molecule has 1 aliphatic heterocycles. The Kier molecular flexibility index (Phi) is 5.00.